The number of aliphatic imine (C=N–C) groups is 1. The van der Waals surface area contributed by atoms with Gasteiger partial charge in [0.25, 0.3) is 0 Å². The Morgan fingerprint density at radius 1 is 0.944 bits per heavy atom. The number of rotatable bonds is 1. The van der Waals surface area contributed by atoms with Gasteiger partial charge >= 0.3 is 0 Å². The molecule has 0 unspecified atom stereocenters. The molecular weight excluding hydrogens is 234 g/mol. The van der Waals surface area contributed by atoms with Gasteiger partial charge in [0.2, 0.25) is 0 Å². The summed E-state index contributed by atoms with van der Waals surface area (Å²) in [6, 6.07) is 10.7. The zero-order chi connectivity index (χ0) is 12.5. The third-order valence-corrected chi connectivity index (χ3v) is 2.88. The number of hydrogen-bond donors (Lipinski definition) is 0. The van der Waals surface area contributed by atoms with E-state index in [0.29, 0.717) is 6.54 Å². The van der Waals surface area contributed by atoms with E-state index in [4.69, 9.17) is 0 Å². The zero-order valence-electron chi connectivity index (χ0n) is 9.48. The first-order valence-electron chi connectivity index (χ1n) is 5.57. The minimum atomic E-state index is -0.279. The topological polar surface area (TPSA) is 15.6 Å². The number of halogens is 2. The van der Waals surface area contributed by atoms with Crippen LogP contribution in [0, 0.1) is 11.6 Å². The van der Waals surface area contributed by atoms with Crippen molar-refractivity contribution >= 4 is 17.7 Å². The molecule has 1 aliphatic heterocycles. The first-order chi connectivity index (χ1) is 8.72. The van der Waals surface area contributed by atoms with E-state index >= 15 is 0 Å². The lowest BCUT2D eigenvalue weighted by atomic mass is 10.1. The smallest absolute Gasteiger partial charge is 0.123 e. The first-order valence-corrected chi connectivity index (χ1v) is 5.57. The number of fused-ring (bicyclic) bond motifs is 1. The summed E-state index contributed by atoms with van der Waals surface area (Å²) in [6.07, 6.45) is 1.67. The third kappa shape index (κ3) is 1.97. The molecular formula is C14H10F2N2. The molecule has 0 aromatic heterocycles. The molecule has 0 aliphatic carbocycles. The van der Waals surface area contributed by atoms with Gasteiger partial charge in [-0.05, 0) is 42.5 Å². The van der Waals surface area contributed by atoms with Gasteiger partial charge in [-0.3, -0.25) is 0 Å². The molecule has 1 aliphatic rings. The minimum Gasteiger partial charge on any atom is -0.328 e. The van der Waals surface area contributed by atoms with Crippen LogP contribution in [0.1, 0.15) is 5.56 Å². The molecule has 0 bridgehead atoms. The van der Waals surface area contributed by atoms with E-state index in [2.05, 4.69) is 4.99 Å². The first kappa shape index (κ1) is 10.9. The van der Waals surface area contributed by atoms with Crippen LogP contribution in [0.5, 0.6) is 0 Å². The normalized spacial score (nSPS) is 13.6. The Kier molecular flexibility index (Phi) is 2.55. The molecule has 2 aromatic carbocycles. The molecule has 90 valence electrons. The van der Waals surface area contributed by atoms with Crippen molar-refractivity contribution in [3.8, 4) is 0 Å². The molecule has 18 heavy (non-hydrogen) atoms. The monoisotopic (exact) mass is 244 g/mol. The van der Waals surface area contributed by atoms with E-state index in [9.17, 15) is 8.78 Å². The summed E-state index contributed by atoms with van der Waals surface area (Å²) in [5.74, 6) is -0.552. The van der Waals surface area contributed by atoms with Gasteiger partial charge in [0.1, 0.15) is 11.6 Å². The molecule has 0 N–H and O–H groups in total. The maximum absolute atomic E-state index is 13.2. The van der Waals surface area contributed by atoms with E-state index in [-0.39, 0.29) is 11.6 Å². The lowest BCUT2D eigenvalue weighted by Crippen LogP contribution is -2.23. The molecule has 0 spiro atoms. The highest BCUT2D eigenvalue weighted by Gasteiger charge is 2.13. The Hall–Kier alpha value is -2.23. The van der Waals surface area contributed by atoms with Crippen LogP contribution in [-0.2, 0) is 6.54 Å². The molecule has 3 rings (SSSR count). The highest BCUT2D eigenvalue weighted by Crippen LogP contribution is 2.27. The minimum absolute atomic E-state index is 0.273. The molecule has 1 heterocycles. The largest absolute Gasteiger partial charge is 0.328 e. The van der Waals surface area contributed by atoms with Crippen molar-refractivity contribution < 1.29 is 8.78 Å². The fourth-order valence-corrected chi connectivity index (χ4v) is 1.95. The fraction of sp³-hybridized carbons (Fsp3) is 0.0714. The number of anilines is 1. The van der Waals surface area contributed by atoms with Crippen molar-refractivity contribution in [2.75, 3.05) is 4.90 Å². The van der Waals surface area contributed by atoms with Gasteiger partial charge in [0, 0.05) is 11.3 Å². The Balaban J connectivity index is 1.93. The van der Waals surface area contributed by atoms with Gasteiger partial charge < -0.3 is 4.90 Å². The lowest BCUT2D eigenvalue weighted by Gasteiger charge is -2.24. The van der Waals surface area contributed by atoms with Crippen molar-refractivity contribution in [3.05, 3.63) is 59.7 Å². The van der Waals surface area contributed by atoms with Crippen LogP contribution in [0.2, 0.25) is 0 Å². The summed E-state index contributed by atoms with van der Waals surface area (Å²) in [5, 5.41) is 0. The average molecular weight is 244 g/mol. The van der Waals surface area contributed by atoms with Crippen molar-refractivity contribution in [3.63, 3.8) is 0 Å². The Morgan fingerprint density at radius 3 is 2.44 bits per heavy atom. The molecule has 0 saturated carbocycles. The highest BCUT2D eigenvalue weighted by atomic mass is 19.1. The standard InChI is InChI=1S/C14H10F2N2/c15-11-1-4-13(5-2-11)18-8-10-7-12(16)3-6-14(10)17-9-18/h1-7,9H,8H2. The predicted octanol–water partition coefficient (Wildman–Crippen LogP) is 3.64. The Morgan fingerprint density at radius 2 is 1.67 bits per heavy atom. The van der Waals surface area contributed by atoms with E-state index in [1.165, 1.54) is 24.3 Å². The van der Waals surface area contributed by atoms with Gasteiger partial charge in [-0.2, -0.15) is 0 Å². The fourth-order valence-electron chi connectivity index (χ4n) is 1.95. The van der Waals surface area contributed by atoms with E-state index in [0.717, 1.165) is 16.9 Å². The van der Waals surface area contributed by atoms with E-state index < -0.39 is 0 Å². The quantitative estimate of drug-likeness (QED) is 0.747. The maximum atomic E-state index is 13.2. The van der Waals surface area contributed by atoms with E-state index in [1.807, 2.05) is 4.90 Å². The van der Waals surface area contributed by atoms with Crippen LogP contribution >= 0.6 is 0 Å². The summed E-state index contributed by atoms with van der Waals surface area (Å²) in [7, 11) is 0. The van der Waals surface area contributed by atoms with Crippen molar-refractivity contribution in [2.24, 2.45) is 4.99 Å². The van der Waals surface area contributed by atoms with Crippen molar-refractivity contribution in [1.29, 1.82) is 0 Å². The molecule has 0 fully saturated rings. The van der Waals surface area contributed by atoms with Crippen LogP contribution < -0.4 is 4.90 Å². The summed E-state index contributed by atoms with van der Waals surface area (Å²) in [4.78, 5) is 6.10. The van der Waals surface area contributed by atoms with Crippen LogP contribution in [0.25, 0.3) is 0 Å². The maximum Gasteiger partial charge on any atom is 0.123 e. The van der Waals surface area contributed by atoms with Crippen molar-refractivity contribution in [1.82, 2.24) is 0 Å². The second-order valence-corrected chi connectivity index (χ2v) is 4.12. The molecule has 0 atom stereocenters. The molecule has 4 heteroatoms. The Bertz CT molecular complexity index is 606. The van der Waals surface area contributed by atoms with Crippen LogP contribution in [0.4, 0.5) is 20.2 Å². The highest BCUT2D eigenvalue weighted by molar-refractivity contribution is 5.84. The lowest BCUT2D eigenvalue weighted by molar-refractivity contribution is 0.625. The van der Waals surface area contributed by atoms with Gasteiger partial charge in [0.05, 0.1) is 18.6 Å². The Labute approximate surface area is 103 Å². The van der Waals surface area contributed by atoms with Crippen LogP contribution in [0.15, 0.2) is 47.5 Å². The molecule has 0 amide bonds. The molecule has 2 nitrogen and oxygen atoms in total. The number of nitrogens with zero attached hydrogens (tertiary/aromatic N) is 2. The SMILES string of the molecule is Fc1ccc(N2C=Nc3ccc(F)cc3C2)cc1. The van der Waals surface area contributed by atoms with Gasteiger partial charge in [0.15, 0.2) is 0 Å². The van der Waals surface area contributed by atoms with Gasteiger partial charge in [-0.15, -0.1) is 0 Å². The third-order valence-electron chi connectivity index (χ3n) is 2.88. The number of hydrogen-bond acceptors (Lipinski definition) is 2. The second-order valence-electron chi connectivity index (χ2n) is 4.12. The van der Waals surface area contributed by atoms with Gasteiger partial charge in [-0.1, -0.05) is 0 Å². The molecule has 2 aromatic rings. The van der Waals surface area contributed by atoms with E-state index in [1.54, 1.807) is 24.5 Å². The summed E-state index contributed by atoms with van der Waals surface area (Å²) in [5.41, 5.74) is 2.42. The average Bonchev–Trinajstić information content (AvgIpc) is 2.38. The zero-order valence-corrected chi connectivity index (χ0v) is 9.48. The molecule has 0 saturated heterocycles. The number of benzene rings is 2. The summed E-state index contributed by atoms with van der Waals surface area (Å²) in [6.45, 7) is 0.530. The molecule has 0 radical (unpaired) electrons. The van der Waals surface area contributed by atoms with Gasteiger partial charge in [-0.25, -0.2) is 13.8 Å². The second kappa shape index (κ2) is 4.22. The summed E-state index contributed by atoms with van der Waals surface area (Å²) < 4.78 is 26.0. The van der Waals surface area contributed by atoms with Crippen molar-refractivity contribution in [2.45, 2.75) is 6.54 Å². The summed E-state index contributed by atoms with van der Waals surface area (Å²) >= 11 is 0. The van der Waals surface area contributed by atoms with Crippen LogP contribution in [-0.4, -0.2) is 6.34 Å². The predicted molar refractivity (Wildman–Crippen MR) is 67.1 cm³/mol. The van der Waals surface area contributed by atoms with Crippen LogP contribution in [0.3, 0.4) is 0 Å².